The Hall–Kier alpha value is -2.29. The SMILES string of the molecule is COCCNCCNC(=O)c1nn(-c2ccccc2F)c(C)cc1=O.Cl. The van der Waals surface area contributed by atoms with Gasteiger partial charge >= 0.3 is 0 Å². The van der Waals surface area contributed by atoms with Crippen LogP contribution in [0.4, 0.5) is 4.39 Å². The highest BCUT2D eigenvalue weighted by Gasteiger charge is 2.16. The van der Waals surface area contributed by atoms with E-state index < -0.39 is 17.2 Å². The Morgan fingerprint density at radius 3 is 2.69 bits per heavy atom. The number of nitrogens with zero attached hydrogens (tertiary/aromatic N) is 2. The zero-order valence-electron chi connectivity index (χ0n) is 14.6. The van der Waals surface area contributed by atoms with Crippen LogP contribution in [-0.2, 0) is 4.74 Å². The normalized spacial score (nSPS) is 10.3. The highest BCUT2D eigenvalue weighted by Crippen LogP contribution is 2.12. The standard InChI is InChI=1S/C17H21FN4O3.ClH/c1-12-11-15(23)16(17(24)20-8-7-19-9-10-25-2)21-22(12)14-6-4-3-5-13(14)18;/h3-6,11,19H,7-10H2,1-2H3,(H,20,24);1H. The Bertz CT molecular complexity index is 798. The maximum absolute atomic E-state index is 14.0. The summed E-state index contributed by atoms with van der Waals surface area (Å²) in [5.74, 6) is -1.08. The first-order valence-corrected chi connectivity index (χ1v) is 7.88. The van der Waals surface area contributed by atoms with E-state index in [1.807, 2.05) is 0 Å². The number of carbonyl (C=O) groups excluding carboxylic acids is 1. The molecule has 1 aromatic carbocycles. The third-order valence-electron chi connectivity index (χ3n) is 3.47. The van der Waals surface area contributed by atoms with Gasteiger partial charge in [0.15, 0.2) is 5.69 Å². The Balaban J connectivity index is 0.00000338. The summed E-state index contributed by atoms with van der Waals surface area (Å²) in [6.07, 6.45) is 0. The van der Waals surface area contributed by atoms with Gasteiger partial charge in [0, 0.05) is 38.5 Å². The zero-order chi connectivity index (χ0) is 18.2. The highest BCUT2D eigenvalue weighted by molar-refractivity contribution is 5.92. The molecule has 0 saturated carbocycles. The molecule has 0 saturated heterocycles. The van der Waals surface area contributed by atoms with Crippen molar-refractivity contribution in [3.8, 4) is 5.69 Å². The Morgan fingerprint density at radius 2 is 2.00 bits per heavy atom. The third kappa shape index (κ3) is 5.62. The molecule has 0 aliphatic carbocycles. The van der Waals surface area contributed by atoms with Crippen LogP contribution in [0.2, 0.25) is 0 Å². The molecular weight excluding hydrogens is 363 g/mol. The fourth-order valence-corrected chi connectivity index (χ4v) is 2.22. The minimum Gasteiger partial charge on any atom is -0.383 e. The molecule has 7 nitrogen and oxygen atoms in total. The van der Waals surface area contributed by atoms with Gasteiger partial charge in [-0.2, -0.15) is 5.10 Å². The second-order valence-electron chi connectivity index (χ2n) is 5.36. The van der Waals surface area contributed by atoms with Gasteiger partial charge in [0.2, 0.25) is 5.43 Å². The number of benzene rings is 1. The predicted octanol–water partition coefficient (Wildman–Crippen LogP) is 1.07. The van der Waals surface area contributed by atoms with Gasteiger partial charge in [0.25, 0.3) is 5.91 Å². The van der Waals surface area contributed by atoms with E-state index in [0.29, 0.717) is 31.9 Å². The second kappa shape index (κ2) is 10.6. The maximum Gasteiger partial charge on any atom is 0.275 e. The Morgan fingerprint density at radius 1 is 1.27 bits per heavy atom. The minimum absolute atomic E-state index is 0. The lowest BCUT2D eigenvalue weighted by Crippen LogP contribution is -2.36. The van der Waals surface area contributed by atoms with E-state index in [4.69, 9.17) is 4.74 Å². The van der Waals surface area contributed by atoms with Gasteiger partial charge in [0.05, 0.1) is 6.61 Å². The molecule has 0 radical (unpaired) electrons. The number of aromatic nitrogens is 2. The number of rotatable bonds is 8. The lowest BCUT2D eigenvalue weighted by molar-refractivity contribution is 0.0945. The molecule has 9 heteroatoms. The fraction of sp³-hybridized carbons (Fsp3) is 0.353. The summed E-state index contributed by atoms with van der Waals surface area (Å²) < 4.78 is 20.1. The van der Waals surface area contributed by atoms with Crippen LogP contribution in [0, 0.1) is 12.7 Å². The van der Waals surface area contributed by atoms with Crippen molar-refractivity contribution in [2.75, 3.05) is 33.4 Å². The van der Waals surface area contributed by atoms with E-state index >= 15 is 0 Å². The Kier molecular flexibility index (Phi) is 8.91. The molecule has 0 fully saturated rings. The number of methoxy groups -OCH3 is 1. The first-order chi connectivity index (χ1) is 12.0. The van der Waals surface area contributed by atoms with Crippen LogP contribution in [0.15, 0.2) is 35.1 Å². The summed E-state index contributed by atoms with van der Waals surface area (Å²) >= 11 is 0. The van der Waals surface area contributed by atoms with Crippen LogP contribution in [0.3, 0.4) is 0 Å². The molecular formula is C17H22ClFN4O3. The summed E-state index contributed by atoms with van der Waals surface area (Å²) in [7, 11) is 1.60. The molecule has 0 bridgehead atoms. The molecule has 0 aliphatic heterocycles. The van der Waals surface area contributed by atoms with E-state index in [0.717, 1.165) is 0 Å². The molecule has 1 amide bonds. The molecule has 1 aromatic heterocycles. The topological polar surface area (TPSA) is 85.2 Å². The molecule has 0 aliphatic rings. The molecule has 0 spiro atoms. The number of carbonyl (C=O) groups is 1. The molecule has 0 atom stereocenters. The van der Waals surface area contributed by atoms with Crippen molar-refractivity contribution in [3.05, 3.63) is 57.8 Å². The summed E-state index contributed by atoms with van der Waals surface area (Å²) in [6.45, 7) is 3.72. The van der Waals surface area contributed by atoms with Crippen molar-refractivity contribution in [2.45, 2.75) is 6.92 Å². The minimum atomic E-state index is -0.594. The lowest BCUT2D eigenvalue weighted by Gasteiger charge is -2.12. The predicted molar refractivity (Wildman–Crippen MR) is 98.9 cm³/mol. The van der Waals surface area contributed by atoms with E-state index in [9.17, 15) is 14.0 Å². The van der Waals surface area contributed by atoms with Crippen LogP contribution in [-0.4, -0.2) is 49.0 Å². The number of amides is 1. The van der Waals surface area contributed by atoms with Crippen LogP contribution in [0.5, 0.6) is 0 Å². The van der Waals surface area contributed by atoms with Crippen molar-refractivity contribution in [1.82, 2.24) is 20.4 Å². The molecule has 2 aromatic rings. The highest BCUT2D eigenvalue weighted by atomic mass is 35.5. The first kappa shape index (κ1) is 21.8. The zero-order valence-corrected chi connectivity index (χ0v) is 15.4. The number of nitrogens with one attached hydrogen (secondary N) is 2. The second-order valence-corrected chi connectivity index (χ2v) is 5.36. The first-order valence-electron chi connectivity index (χ1n) is 7.88. The molecule has 0 unspecified atom stereocenters. The van der Waals surface area contributed by atoms with Gasteiger partial charge in [-0.3, -0.25) is 9.59 Å². The maximum atomic E-state index is 14.0. The average molecular weight is 385 g/mol. The smallest absolute Gasteiger partial charge is 0.275 e. The largest absolute Gasteiger partial charge is 0.383 e. The van der Waals surface area contributed by atoms with E-state index in [-0.39, 0.29) is 23.8 Å². The summed E-state index contributed by atoms with van der Waals surface area (Å²) in [5, 5.41) is 9.73. The number of aryl methyl sites for hydroxylation is 1. The van der Waals surface area contributed by atoms with Gasteiger partial charge in [-0.15, -0.1) is 12.4 Å². The molecule has 26 heavy (non-hydrogen) atoms. The van der Waals surface area contributed by atoms with E-state index in [2.05, 4.69) is 15.7 Å². The summed E-state index contributed by atoms with van der Waals surface area (Å²) in [6, 6.07) is 7.30. The van der Waals surface area contributed by atoms with Gasteiger partial charge < -0.3 is 15.4 Å². The van der Waals surface area contributed by atoms with Crippen molar-refractivity contribution in [2.24, 2.45) is 0 Å². The Labute approximate surface area is 157 Å². The quantitative estimate of drug-likeness (QED) is 0.665. The average Bonchev–Trinajstić information content (AvgIpc) is 2.59. The van der Waals surface area contributed by atoms with Gasteiger partial charge in [-0.1, -0.05) is 12.1 Å². The van der Waals surface area contributed by atoms with Crippen LogP contribution >= 0.6 is 12.4 Å². The number of hydrogen-bond acceptors (Lipinski definition) is 5. The van der Waals surface area contributed by atoms with Gasteiger partial charge in [-0.05, 0) is 19.1 Å². The van der Waals surface area contributed by atoms with Gasteiger partial charge in [0.1, 0.15) is 11.5 Å². The molecule has 1 heterocycles. The van der Waals surface area contributed by atoms with Crippen LogP contribution < -0.4 is 16.1 Å². The summed E-state index contributed by atoms with van der Waals surface area (Å²) in [5.41, 5.74) is -0.163. The summed E-state index contributed by atoms with van der Waals surface area (Å²) in [4.78, 5) is 24.3. The monoisotopic (exact) mass is 384 g/mol. The number of ether oxygens (including phenoxy) is 1. The van der Waals surface area contributed by atoms with Crippen LogP contribution in [0.1, 0.15) is 16.2 Å². The van der Waals surface area contributed by atoms with Crippen molar-refractivity contribution < 1.29 is 13.9 Å². The molecule has 2 rings (SSSR count). The van der Waals surface area contributed by atoms with Crippen molar-refractivity contribution >= 4 is 18.3 Å². The number of hydrogen-bond donors (Lipinski definition) is 2. The van der Waals surface area contributed by atoms with Crippen molar-refractivity contribution in [3.63, 3.8) is 0 Å². The third-order valence-corrected chi connectivity index (χ3v) is 3.47. The van der Waals surface area contributed by atoms with E-state index in [1.165, 1.54) is 22.9 Å². The van der Waals surface area contributed by atoms with E-state index in [1.54, 1.807) is 26.2 Å². The molecule has 2 N–H and O–H groups in total. The number of halogens is 2. The van der Waals surface area contributed by atoms with Crippen LogP contribution in [0.25, 0.3) is 5.69 Å². The van der Waals surface area contributed by atoms with Gasteiger partial charge in [-0.25, -0.2) is 9.07 Å². The molecule has 142 valence electrons. The lowest BCUT2D eigenvalue weighted by atomic mass is 10.2. The fourth-order valence-electron chi connectivity index (χ4n) is 2.22. The number of para-hydroxylation sites is 1. The van der Waals surface area contributed by atoms with Crippen molar-refractivity contribution in [1.29, 1.82) is 0 Å².